The molecule has 0 aromatic rings. The summed E-state index contributed by atoms with van der Waals surface area (Å²) in [6.07, 6.45) is 0.0854. The van der Waals surface area contributed by atoms with E-state index in [2.05, 4.69) is 12.2 Å². The monoisotopic (exact) mass is 272 g/mol. The minimum absolute atomic E-state index is 0.0312. The summed E-state index contributed by atoms with van der Waals surface area (Å²) in [5.41, 5.74) is 5.28. The molecule has 0 saturated carbocycles. The average molecular weight is 272 g/mol. The van der Waals surface area contributed by atoms with Crippen LogP contribution in [0.2, 0.25) is 0 Å². The van der Waals surface area contributed by atoms with Gasteiger partial charge in [-0.1, -0.05) is 33.0 Å². The Morgan fingerprint density at radius 1 is 1.33 bits per heavy atom. The zero-order valence-corrected chi connectivity index (χ0v) is 12.6. The predicted octanol–water partition coefficient (Wildman–Crippen LogP) is 1.47. The number of hydrogen-bond donors (Lipinski definition) is 2. The zero-order chi connectivity index (χ0) is 14.1. The lowest BCUT2D eigenvalue weighted by atomic mass is 9.88. The van der Waals surface area contributed by atoms with Crippen LogP contribution in [0.25, 0.3) is 0 Å². The van der Waals surface area contributed by atoms with E-state index >= 15 is 0 Å². The lowest BCUT2D eigenvalue weighted by molar-refractivity contribution is -0.127. The molecule has 1 aliphatic heterocycles. The molecule has 18 heavy (non-hydrogen) atoms. The van der Waals surface area contributed by atoms with Crippen LogP contribution in [0.1, 0.15) is 34.6 Å². The van der Waals surface area contributed by atoms with Crippen LogP contribution in [0.15, 0.2) is 0 Å². The second kappa shape index (κ2) is 5.53. The molecule has 1 saturated heterocycles. The molecule has 0 aromatic heterocycles. The van der Waals surface area contributed by atoms with Gasteiger partial charge < -0.3 is 15.8 Å². The topological polar surface area (TPSA) is 64.3 Å². The van der Waals surface area contributed by atoms with Gasteiger partial charge in [0.2, 0.25) is 5.91 Å². The first kappa shape index (κ1) is 15.4. The maximum Gasteiger partial charge on any atom is 0.226 e. The van der Waals surface area contributed by atoms with Gasteiger partial charge in [0.25, 0.3) is 0 Å². The molecule has 1 fully saturated rings. The van der Waals surface area contributed by atoms with E-state index in [9.17, 15) is 4.79 Å². The van der Waals surface area contributed by atoms with Crippen LogP contribution in [-0.2, 0) is 9.53 Å². The van der Waals surface area contributed by atoms with E-state index in [-0.39, 0.29) is 35.4 Å². The fourth-order valence-electron chi connectivity index (χ4n) is 2.23. The molecular weight excluding hydrogens is 248 g/mol. The largest absolute Gasteiger partial charge is 0.393 e. The SMILES string of the molecule is CC1OC(C)C(C(=O)NCC(C)(C)C(N)=S)C1C. The Bertz CT molecular complexity index is 344. The zero-order valence-electron chi connectivity index (χ0n) is 11.8. The smallest absolute Gasteiger partial charge is 0.226 e. The van der Waals surface area contributed by atoms with Crippen molar-refractivity contribution in [2.75, 3.05) is 6.54 Å². The number of amides is 1. The minimum atomic E-state index is -0.359. The molecule has 1 aliphatic rings. The van der Waals surface area contributed by atoms with Crippen molar-refractivity contribution < 1.29 is 9.53 Å². The number of carbonyl (C=O) groups is 1. The van der Waals surface area contributed by atoms with Crippen molar-refractivity contribution >= 4 is 23.1 Å². The normalized spacial score (nSPS) is 32.3. The summed E-state index contributed by atoms with van der Waals surface area (Å²) in [5, 5.41) is 2.94. The van der Waals surface area contributed by atoms with Gasteiger partial charge in [0.15, 0.2) is 0 Å². The third-order valence-corrected chi connectivity index (χ3v) is 4.47. The van der Waals surface area contributed by atoms with Crippen LogP contribution >= 0.6 is 12.2 Å². The summed E-state index contributed by atoms with van der Waals surface area (Å²) in [5.74, 6) is 0.166. The number of nitrogens with two attached hydrogens (primary N) is 1. The second-order valence-corrected chi connectivity index (χ2v) is 6.34. The van der Waals surface area contributed by atoms with Gasteiger partial charge in [-0.05, 0) is 19.8 Å². The molecular formula is C13H24N2O2S. The van der Waals surface area contributed by atoms with E-state index in [1.807, 2.05) is 27.7 Å². The van der Waals surface area contributed by atoms with E-state index in [1.165, 1.54) is 0 Å². The Labute approximate surface area is 115 Å². The first-order chi connectivity index (χ1) is 8.16. The summed E-state index contributed by atoms with van der Waals surface area (Å²) >= 11 is 4.99. The molecule has 4 unspecified atom stereocenters. The lowest BCUT2D eigenvalue weighted by Crippen LogP contribution is -2.45. The second-order valence-electron chi connectivity index (χ2n) is 5.90. The van der Waals surface area contributed by atoms with Crippen LogP contribution in [-0.4, -0.2) is 29.6 Å². The fourth-order valence-corrected chi connectivity index (χ4v) is 2.30. The molecule has 0 aromatic carbocycles. The van der Waals surface area contributed by atoms with Crippen molar-refractivity contribution in [3.63, 3.8) is 0 Å². The van der Waals surface area contributed by atoms with Crippen molar-refractivity contribution in [2.45, 2.75) is 46.8 Å². The molecule has 1 rings (SSSR count). The van der Waals surface area contributed by atoms with Gasteiger partial charge in [0, 0.05) is 12.0 Å². The third kappa shape index (κ3) is 3.20. The highest BCUT2D eigenvalue weighted by Gasteiger charge is 2.41. The van der Waals surface area contributed by atoms with Gasteiger partial charge in [-0.2, -0.15) is 0 Å². The summed E-state index contributed by atoms with van der Waals surface area (Å²) in [7, 11) is 0. The highest BCUT2D eigenvalue weighted by molar-refractivity contribution is 7.80. The first-order valence-electron chi connectivity index (χ1n) is 6.40. The highest BCUT2D eigenvalue weighted by atomic mass is 32.1. The van der Waals surface area contributed by atoms with Crippen molar-refractivity contribution in [2.24, 2.45) is 23.0 Å². The fraction of sp³-hybridized carbons (Fsp3) is 0.846. The van der Waals surface area contributed by atoms with Gasteiger partial charge in [0.1, 0.15) is 0 Å². The third-order valence-electron chi connectivity index (χ3n) is 3.92. The van der Waals surface area contributed by atoms with Gasteiger partial charge in [-0.25, -0.2) is 0 Å². The lowest BCUT2D eigenvalue weighted by Gasteiger charge is -2.25. The van der Waals surface area contributed by atoms with E-state index in [0.717, 1.165) is 0 Å². The highest BCUT2D eigenvalue weighted by Crippen LogP contribution is 2.32. The number of hydrogen-bond acceptors (Lipinski definition) is 3. The molecule has 4 atom stereocenters. The quantitative estimate of drug-likeness (QED) is 0.761. The Balaban J connectivity index is 2.59. The molecule has 104 valence electrons. The van der Waals surface area contributed by atoms with Crippen LogP contribution in [0.5, 0.6) is 0 Å². The number of ether oxygens (including phenoxy) is 1. The summed E-state index contributed by atoms with van der Waals surface area (Å²) in [4.78, 5) is 12.6. The van der Waals surface area contributed by atoms with Crippen LogP contribution in [0.3, 0.4) is 0 Å². The molecule has 3 N–H and O–H groups in total. The van der Waals surface area contributed by atoms with Gasteiger partial charge in [0.05, 0.1) is 23.1 Å². The Morgan fingerprint density at radius 3 is 2.28 bits per heavy atom. The van der Waals surface area contributed by atoms with Crippen LogP contribution < -0.4 is 11.1 Å². The van der Waals surface area contributed by atoms with Crippen molar-refractivity contribution in [1.29, 1.82) is 0 Å². The molecule has 0 radical (unpaired) electrons. The summed E-state index contributed by atoms with van der Waals surface area (Å²) < 4.78 is 5.68. The number of thiocarbonyl (C=S) groups is 1. The van der Waals surface area contributed by atoms with E-state index < -0.39 is 0 Å². The molecule has 1 heterocycles. The standard InChI is InChI=1S/C13H24N2O2S/c1-7-8(2)17-9(3)10(7)11(16)15-6-13(4,5)12(14)18/h7-10H,6H2,1-5H3,(H2,14,18)(H,15,16). The number of carbonyl (C=O) groups excluding carboxylic acids is 1. The van der Waals surface area contributed by atoms with Crippen LogP contribution in [0, 0.1) is 17.3 Å². The first-order valence-corrected chi connectivity index (χ1v) is 6.80. The molecule has 0 bridgehead atoms. The number of rotatable bonds is 4. The molecule has 0 spiro atoms. The van der Waals surface area contributed by atoms with Crippen molar-refractivity contribution in [3.8, 4) is 0 Å². The maximum atomic E-state index is 12.2. The van der Waals surface area contributed by atoms with Crippen LogP contribution in [0.4, 0.5) is 0 Å². The number of nitrogens with one attached hydrogen (secondary N) is 1. The van der Waals surface area contributed by atoms with Gasteiger partial charge in [-0.15, -0.1) is 0 Å². The van der Waals surface area contributed by atoms with Gasteiger partial charge >= 0.3 is 0 Å². The molecule has 5 heteroatoms. The minimum Gasteiger partial charge on any atom is -0.393 e. The Kier molecular flexibility index (Phi) is 4.72. The van der Waals surface area contributed by atoms with Crippen molar-refractivity contribution in [3.05, 3.63) is 0 Å². The maximum absolute atomic E-state index is 12.2. The molecule has 0 aliphatic carbocycles. The van der Waals surface area contributed by atoms with E-state index in [0.29, 0.717) is 11.5 Å². The molecule has 1 amide bonds. The molecule has 4 nitrogen and oxygen atoms in total. The van der Waals surface area contributed by atoms with Gasteiger partial charge in [-0.3, -0.25) is 4.79 Å². The van der Waals surface area contributed by atoms with E-state index in [1.54, 1.807) is 0 Å². The summed E-state index contributed by atoms with van der Waals surface area (Å²) in [6.45, 7) is 10.3. The summed E-state index contributed by atoms with van der Waals surface area (Å²) in [6, 6.07) is 0. The Hall–Kier alpha value is -0.680. The van der Waals surface area contributed by atoms with E-state index in [4.69, 9.17) is 22.7 Å². The van der Waals surface area contributed by atoms with Crippen molar-refractivity contribution in [1.82, 2.24) is 5.32 Å². The predicted molar refractivity (Wildman–Crippen MR) is 76.2 cm³/mol. The average Bonchev–Trinajstić information content (AvgIpc) is 2.50. The Morgan fingerprint density at radius 2 is 1.89 bits per heavy atom.